The fraction of sp³-hybridized carbons (Fsp3) is 0.692. The van der Waals surface area contributed by atoms with Gasteiger partial charge in [0.05, 0.1) is 29.2 Å². The maximum Gasteiger partial charge on any atom is 0.348 e. The van der Waals surface area contributed by atoms with Crippen LogP contribution in [0.1, 0.15) is 52.2 Å². The summed E-state index contributed by atoms with van der Waals surface area (Å²) in [6.45, 7) is 10.5. The lowest BCUT2D eigenvalue weighted by Crippen LogP contribution is -2.35. The van der Waals surface area contributed by atoms with Gasteiger partial charge in [0.15, 0.2) is 22.5 Å². The summed E-state index contributed by atoms with van der Waals surface area (Å²) in [5, 5.41) is 37.6. The van der Waals surface area contributed by atoms with Crippen molar-refractivity contribution in [2.24, 2.45) is 0 Å². The number of nitrogen functional groups attached to an aromatic ring is 1. The van der Waals surface area contributed by atoms with E-state index in [0.717, 1.165) is 0 Å². The molecule has 4 fully saturated rings. The quantitative estimate of drug-likeness (QED) is 0.177. The monoisotopic (exact) mass is 658 g/mol. The Morgan fingerprint density at radius 1 is 0.795 bits per heavy atom. The van der Waals surface area contributed by atoms with E-state index in [1.165, 1.54) is 0 Å². The van der Waals surface area contributed by atoms with E-state index in [9.17, 15) is 20.3 Å². The summed E-state index contributed by atoms with van der Waals surface area (Å²) in [5.41, 5.74) is 5.80. The van der Waals surface area contributed by atoms with E-state index in [-0.39, 0.29) is 40.4 Å². The summed E-state index contributed by atoms with van der Waals surface area (Å²) < 4.78 is 23.1. The number of rotatable bonds is 5. The van der Waals surface area contributed by atoms with Crippen LogP contribution < -0.4 is 16.4 Å². The molecule has 2 saturated heterocycles. The second kappa shape index (κ2) is 11.9. The average molecular weight is 660 g/mol. The van der Waals surface area contributed by atoms with Crippen LogP contribution in [-0.2, 0) is 18.9 Å². The molecule has 6 rings (SSSR count). The molecule has 8 atom stereocenters. The van der Waals surface area contributed by atoms with Crippen LogP contribution in [-0.4, -0.2) is 95.4 Å². The van der Waals surface area contributed by atoms with Crippen LogP contribution in [0.5, 0.6) is 0 Å². The minimum Gasteiger partial charge on any atom is -0.393 e. The van der Waals surface area contributed by atoms with Crippen molar-refractivity contribution in [1.29, 1.82) is 0 Å². The molecule has 242 valence electrons. The normalized spacial score (nSPS) is 32.9. The van der Waals surface area contributed by atoms with Gasteiger partial charge in [0.2, 0.25) is 11.0 Å². The molecule has 2 aromatic rings. The lowest BCUT2D eigenvalue weighted by Gasteiger charge is -2.23. The Balaban J connectivity index is 0.000000175. The Morgan fingerprint density at radius 3 is 1.68 bits per heavy atom. The number of nitrogens with zero attached hydrogens (tertiary/aromatic N) is 5. The largest absolute Gasteiger partial charge is 0.393 e. The Hall–Kier alpha value is -2.70. The van der Waals surface area contributed by atoms with Crippen molar-refractivity contribution in [2.75, 3.05) is 16.4 Å². The Kier molecular flexibility index (Phi) is 8.85. The molecular formula is C26H36Cl2N8O8. The lowest BCUT2D eigenvalue weighted by atomic mass is 10.2. The van der Waals surface area contributed by atoms with Gasteiger partial charge in [-0.1, -0.05) is 23.2 Å². The molecule has 4 heterocycles. The molecule has 0 amide bonds. The number of nitrogens with one attached hydrogen (secondary N) is 2. The van der Waals surface area contributed by atoms with E-state index in [1.54, 1.807) is 27.7 Å². The van der Waals surface area contributed by atoms with Gasteiger partial charge < -0.3 is 45.5 Å². The zero-order valence-electron chi connectivity index (χ0n) is 24.9. The highest BCUT2D eigenvalue weighted by Crippen LogP contribution is 2.42. The number of aryl methyl sites for hydroxylation is 2. The summed E-state index contributed by atoms with van der Waals surface area (Å²) in [6.07, 6.45) is -2.03. The number of nitrogens with two attached hydrogens (primary N) is 1. The van der Waals surface area contributed by atoms with Crippen molar-refractivity contribution >= 4 is 46.2 Å². The minimum atomic E-state index is -0.818. The van der Waals surface area contributed by atoms with Crippen LogP contribution >= 0.6 is 23.2 Å². The van der Waals surface area contributed by atoms with E-state index >= 15 is 0 Å². The van der Waals surface area contributed by atoms with Gasteiger partial charge in [0.1, 0.15) is 41.8 Å². The van der Waals surface area contributed by atoms with Gasteiger partial charge in [-0.15, -0.1) is 0 Å². The third-order valence-electron chi connectivity index (χ3n) is 7.66. The number of anilines is 3. The molecular weight excluding hydrogens is 623 g/mol. The third-order valence-corrected chi connectivity index (χ3v) is 8.21. The second-order valence-electron chi connectivity index (χ2n) is 12.1. The van der Waals surface area contributed by atoms with E-state index in [2.05, 4.69) is 30.6 Å². The number of ether oxygens (including phenoxy) is 4. The minimum absolute atomic E-state index is 0.0126. The van der Waals surface area contributed by atoms with Crippen LogP contribution in [0.25, 0.3) is 0 Å². The molecule has 4 aliphatic rings. The topological polar surface area (TPSA) is 222 Å². The first kappa shape index (κ1) is 32.7. The molecule has 16 nitrogen and oxygen atoms in total. The van der Waals surface area contributed by atoms with E-state index in [1.807, 2.05) is 13.8 Å². The molecule has 0 radical (unpaired) electrons. The molecule has 2 saturated carbocycles. The van der Waals surface area contributed by atoms with Gasteiger partial charge in [0.25, 0.3) is 0 Å². The van der Waals surface area contributed by atoms with Crippen molar-refractivity contribution in [3.63, 3.8) is 0 Å². The zero-order valence-corrected chi connectivity index (χ0v) is 26.5. The highest BCUT2D eigenvalue weighted by atomic mass is 35.5. The number of aromatic nitrogens is 4. The van der Waals surface area contributed by atoms with Gasteiger partial charge in [0, 0.05) is 0 Å². The number of hydrogen-bond donors (Lipinski definition) is 5. The van der Waals surface area contributed by atoms with Crippen molar-refractivity contribution in [3.8, 4) is 0 Å². The first-order chi connectivity index (χ1) is 20.4. The highest BCUT2D eigenvalue weighted by Gasteiger charge is 2.55. The maximum absolute atomic E-state index is 11.2. The average Bonchev–Trinajstić information content (AvgIpc) is 3.56. The Bertz CT molecular complexity index is 1430. The predicted octanol–water partition coefficient (Wildman–Crippen LogP) is 2.50. The molecule has 0 aromatic carbocycles. The van der Waals surface area contributed by atoms with Crippen LogP contribution in [0.2, 0.25) is 10.3 Å². The standard InChI is InChI=1S/C13H17ClN4O5.C13H19ClN4O3/c1-5-15-11(14)8(18(20)21)12(16-5)17-6-4-7(19)10-9(6)22-13(2,3)23-10;1-5-16-11(14)8(15)12(17-5)18-6-4-7(19)10-9(6)20-13(2,3)21-10/h6-7,9-10,19H,4H2,1-3H3,(H,15,16,17);6-7,9-10,19H,4,15H2,1-3H3,(H,16,17,18)/t2*6-,7+,9+,10-/m11/s1. The number of aliphatic hydroxyl groups excluding tert-OH is 2. The molecule has 18 heteroatoms. The van der Waals surface area contributed by atoms with Gasteiger partial charge in [-0.05, 0) is 54.4 Å². The maximum atomic E-state index is 11.2. The molecule has 2 aliphatic carbocycles. The number of nitro groups is 1. The molecule has 2 aromatic heterocycles. The van der Waals surface area contributed by atoms with Gasteiger partial charge >= 0.3 is 5.69 Å². The van der Waals surface area contributed by atoms with E-state index < -0.39 is 46.6 Å². The van der Waals surface area contributed by atoms with Crippen molar-refractivity contribution in [3.05, 3.63) is 32.1 Å². The molecule has 0 spiro atoms. The van der Waals surface area contributed by atoms with Crippen LogP contribution in [0.15, 0.2) is 0 Å². The number of hydrogen-bond acceptors (Lipinski definition) is 15. The first-order valence-corrected chi connectivity index (χ1v) is 14.8. The smallest absolute Gasteiger partial charge is 0.348 e. The number of aliphatic hydroxyl groups is 2. The van der Waals surface area contributed by atoms with E-state index in [4.69, 9.17) is 47.9 Å². The van der Waals surface area contributed by atoms with Crippen LogP contribution in [0.4, 0.5) is 23.0 Å². The second-order valence-corrected chi connectivity index (χ2v) is 12.8. The van der Waals surface area contributed by atoms with Crippen LogP contribution in [0.3, 0.4) is 0 Å². The Labute approximate surface area is 263 Å². The van der Waals surface area contributed by atoms with Crippen molar-refractivity contribution < 1.29 is 34.1 Å². The van der Waals surface area contributed by atoms with Gasteiger partial charge in [-0.25, -0.2) is 19.9 Å². The summed E-state index contributed by atoms with van der Waals surface area (Å²) >= 11 is 11.8. The zero-order chi connectivity index (χ0) is 32.3. The number of fused-ring (bicyclic) bond motifs is 2. The summed E-state index contributed by atoms with van der Waals surface area (Å²) in [4.78, 5) is 26.7. The first-order valence-electron chi connectivity index (χ1n) is 14.0. The van der Waals surface area contributed by atoms with Crippen LogP contribution in [0, 0.1) is 24.0 Å². The van der Waals surface area contributed by atoms with Crippen molar-refractivity contribution in [2.45, 2.75) is 115 Å². The Morgan fingerprint density at radius 2 is 1.20 bits per heavy atom. The van der Waals surface area contributed by atoms with Gasteiger partial charge in [-0.2, -0.15) is 0 Å². The molecule has 2 aliphatic heterocycles. The van der Waals surface area contributed by atoms with Gasteiger partial charge in [-0.3, -0.25) is 10.1 Å². The SMILES string of the molecule is Cc1nc(Cl)c(N)c(N[C@@H]2C[C@H](O)[C@H]3OC(C)(C)O[C@H]32)n1.Cc1nc(Cl)c([N+](=O)[O-])c(N[C@@H]2C[C@H](O)[C@H]3OC(C)(C)O[C@H]32)n1. The molecule has 0 bridgehead atoms. The number of halogens is 2. The highest BCUT2D eigenvalue weighted by molar-refractivity contribution is 6.32. The predicted molar refractivity (Wildman–Crippen MR) is 158 cm³/mol. The molecule has 0 unspecified atom stereocenters. The molecule has 6 N–H and O–H groups in total. The molecule has 44 heavy (non-hydrogen) atoms. The third kappa shape index (κ3) is 6.62. The fourth-order valence-electron chi connectivity index (χ4n) is 5.99. The summed E-state index contributed by atoms with van der Waals surface area (Å²) in [7, 11) is 0. The summed E-state index contributed by atoms with van der Waals surface area (Å²) in [6, 6.07) is -0.541. The fourth-order valence-corrected chi connectivity index (χ4v) is 6.49. The summed E-state index contributed by atoms with van der Waals surface area (Å²) in [5.74, 6) is -0.223. The van der Waals surface area contributed by atoms with Crippen molar-refractivity contribution in [1.82, 2.24) is 19.9 Å². The van der Waals surface area contributed by atoms with E-state index in [0.29, 0.717) is 36.0 Å². The lowest BCUT2D eigenvalue weighted by molar-refractivity contribution is -0.384.